The van der Waals surface area contributed by atoms with Crippen molar-refractivity contribution >= 4 is 29.2 Å². The first-order chi connectivity index (χ1) is 14.9. The number of aryl methyl sites for hydroxylation is 1. The highest BCUT2D eigenvalue weighted by Gasteiger charge is 2.37. The van der Waals surface area contributed by atoms with Crippen LogP contribution in [0.4, 0.5) is 5.69 Å². The van der Waals surface area contributed by atoms with E-state index in [9.17, 15) is 14.7 Å². The molecule has 2 N–H and O–H groups in total. The van der Waals surface area contributed by atoms with Crippen LogP contribution in [0, 0.1) is 6.92 Å². The van der Waals surface area contributed by atoms with Crippen LogP contribution in [0.1, 0.15) is 60.8 Å². The molecule has 31 heavy (non-hydrogen) atoms. The van der Waals surface area contributed by atoms with Gasteiger partial charge in [-0.3, -0.25) is 9.59 Å². The fourth-order valence-corrected chi connectivity index (χ4v) is 3.94. The molecule has 2 heterocycles. The normalized spacial score (nSPS) is 14.4. The topological polar surface area (TPSA) is 118 Å². The lowest BCUT2D eigenvalue weighted by molar-refractivity contribution is -0.137. The van der Waals surface area contributed by atoms with Gasteiger partial charge in [-0.2, -0.15) is 0 Å². The van der Waals surface area contributed by atoms with Gasteiger partial charge in [-0.05, 0) is 49.8 Å². The number of nitrogens with one attached hydrogen (secondary N) is 1. The minimum atomic E-state index is -0.932. The van der Waals surface area contributed by atoms with E-state index in [2.05, 4.69) is 15.6 Å². The van der Waals surface area contributed by atoms with Gasteiger partial charge in [0, 0.05) is 30.4 Å². The zero-order valence-corrected chi connectivity index (χ0v) is 17.7. The van der Waals surface area contributed by atoms with Gasteiger partial charge in [0.05, 0.1) is 22.6 Å². The van der Waals surface area contributed by atoms with Crippen LogP contribution in [-0.4, -0.2) is 27.3 Å². The highest BCUT2D eigenvalue weighted by atomic mass is 35.5. The van der Waals surface area contributed by atoms with Crippen molar-refractivity contribution in [3.63, 3.8) is 0 Å². The molecule has 0 bridgehead atoms. The molecular weight excluding hydrogens is 422 g/mol. The summed E-state index contributed by atoms with van der Waals surface area (Å²) in [7, 11) is 0. The second-order valence-electron chi connectivity index (χ2n) is 7.83. The van der Waals surface area contributed by atoms with Crippen molar-refractivity contribution in [3.05, 3.63) is 52.3 Å². The molecule has 1 aromatic carbocycles. The number of rotatable bonds is 9. The molecule has 4 rings (SSSR count). The Labute approximate surface area is 183 Å². The van der Waals surface area contributed by atoms with Gasteiger partial charge in [0.2, 0.25) is 17.4 Å². The quantitative estimate of drug-likeness (QED) is 0.469. The Kier molecular flexibility index (Phi) is 6.08. The van der Waals surface area contributed by atoms with Crippen LogP contribution in [0.3, 0.4) is 0 Å². The van der Waals surface area contributed by atoms with Crippen molar-refractivity contribution < 1.29 is 23.7 Å². The summed E-state index contributed by atoms with van der Waals surface area (Å²) in [5.41, 5.74) is 2.99. The number of amides is 1. The van der Waals surface area contributed by atoms with Gasteiger partial charge in [-0.25, -0.2) is 0 Å². The van der Waals surface area contributed by atoms with Gasteiger partial charge in [0.25, 0.3) is 0 Å². The molecule has 1 amide bonds. The first kappa shape index (κ1) is 21.1. The molecule has 0 aliphatic heterocycles. The number of carboxylic acids is 1. The second-order valence-corrected chi connectivity index (χ2v) is 8.23. The van der Waals surface area contributed by atoms with Crippen LogP contribution >= 0.6 is 11.6 Å². The van der Waals surface area contributed by atoms with E-state index in [4.69, 9.17) is 20.6 Å². The summed E-state index contributed by atoms with van der Waals surface area (Å²) in [6.45, 7) is 1.91. The third-order valence-electron chi connectivity index (χ3n) is 5.33. The maximum absolute atomic E-state index is 12.8. The molecule has 162 valence electrons. The van der Waals surface area contributed by atoms with Crippen molar-refractivity contribution in [2.24, 2.45) is 0 Å². The number of carbonyl (C=O) groups excluding carboxylic acids is 1. The largest absolute Gasteiger partial charge is 0.481 e. The number of aliphatic carboxylic acids is 1. The third kappa shape index (κ3) is 4.96. The summed E-state index contributed by atoms with van der Waals surface area (Å²) in [5, 5.41) is 20.4. The Morgan fingerprint density at radius 3 is 2.74 bits per heavy atom. The summed E-state index contributed by atoms with van der Waals surface area (Å²) < 4.78 is 10.8. The average Bonchev–Trinajstić information content (AvgIpc) is 3.23. The Morgan fingerprint density at radius 1 is 1.29 bits per heavy atom. The molecule has 0 spiro atoms. The molecule has 0 radical (unpaired) electrons. The summed E-state index contributed by atoms with van der Waals surface area (Å²) >= 11 is 6.23. The van der Waals surface area contributed by atoms with Crippen molar-refractivity contribution in [1.82, 2.24) is 10.3 Å². The van der Waals surface area contributed by atoms with E-state index < -0.39 is 11.9 Å². The highest BCUT2D eigenvalue weighted by molar-refractivity contribution is 6.33. The van der Waals surface area contributed by atoms with Crippen LogP contribution in [0.5, 0.6) is 0 Å². The summed E-state index contributed by atoms with van der Waals surface area (Å²) in [6, 6.07) is 7.06. The summed E-state index contributed by atoms with van der Waals surface area (Å²) in [4.78, 5) is 24.0. The first-order valence-corrected chi connectivity index (χ1v) is 10.5. The van der Waals surface area contributed by atoms with Gasteiger partial charge >= 0.3 is 5.97 Å². The lowest BCUT2D eigenvalue weighted by Gasteiger charge is -2.16. The van der Waals surface area contributed by atoms with Gasteiger partial charge < -0.3 is 19.5 Å². The minimum Gasteiger partial charge on any atom is -0.481 e. The van der Waals surface area contributed by atoms with Crippen molar-refractivity contribution in [1.29, 1.82) is 0 Å². The molecule has 1 aliphatic carbocycles. The van der Waals surface area contributed by atoms with E-state index >= 15 is 0 Å². The molecule has 3 aromatic rings. The Balaban J connectivity index is 1.59. The number of nitrogens with zero attached hydrogens (tertiary/aromatic N) is 2. The van der Waals surface area contributed by atoms with Gasteiger partial charge in [0.1, 0.15) is 0 Å². The minimum absolute atomic E-state index is 0.0551. The number of halogens is 1. The van der Waals surface area contributed by atoms with Crippen LogP contribution in [0.2, 0.25) is 5.02 Å². The first-order valence-electron chi connectivity index (χ1n) is 10.1. The maximum Gasteiger partial charge on any atom is 0.303 e. The number of hydrogen-bond acceptors (Lipinski definition) is 6. The molecule has 1 atom stereocenters. The Hall–Kier alpha value is -3.13. The van der Waals surface area contributed by atoms with E-state index in [1.807, 2.05) is 13.0 Å². The summed E-state index contributed by atoms with van der Waals surface area (Å²) in [6.07, 6.45) is 3.71. The predicted molar refractivity (Wildman–Crippen MR) is 113 cm³/mol. The van der Waals surface area contributed by atoms with E-state index in [1.165, 1.54) is 6.20 Å². The van der Waals surface area contributed by atoms with E-state index in [0.717, 1.165) is 24.0 Å². The molecule has 2 aromatic heterocycles. The number of carbonyl (C=O) groups is 2. The van der Waals surface area contributed by atoms with Crippen LogP contribution in [-0.2, 0) is 9.59 Å². The molecule has 1 fully saturated rings. The Bertz CT molecular complexity index is 1090. The van der Waals surface area contributed by atoms with Gasteiger partial charge in [-0.1, -0.05) is 28.0 Å². The number of carboxylic acid groups (broad SMARTS) is 1. The van der Waals surface area contributed by atoms with Crippen LogP contribution in [0.25, 0.3) is 11.5 Å². The van der Waals surface area contributed by atoms with Gasteiger partial charge in [-0.15, -0.1) is 0 Å². The third-order valence-corrected chi connectivity index (χ3v) is 5.64. The van der Waals surface area contributed by atoms with E-state index in [1.54, 1.807) is 18.2 Å². The molecule has 9 heteroatoms. The summed E-state index contributed by atoms with van der Waals surface area (Å²) in [5.74, 6) is -0.406. The van der Waals surface area contributed by atoms with Crippen LogP contribution < -0.4 is 5.32 Å². The average molecular weight is 444 g/mol. The van der Waals surface area contributed by atoms with Crippen LogP contribution in [0.15, 0.2) is 39.5 Å². The van der Waals surface area contributed by atoms with E-state index in [0.29, 0.717) is 27.9 Å². The number of aromatic nitrogens is 2. The number of anilines is 1. The zero-order valence-electron chi connectivity index (χ0n) is 16.9. The Morgan fingerprint density at radius 2 is 2.10 bits per heavy atom. The molecule has 8 nitrogen and oxygen atoms in total. The smallest absolute Gasteiger partial charge is 0.303 e. The van der Waals surface area contributed by atoms with Crippen molar-refractivity contribution in [2.45, 2.75) is 50.9 Å². The number of hydrogen-bond donors (Lipinski definition) is 2. The number of benzene rings is 1. The fourth-order valence-electron chi connectivity index (χ4n) is 3.66. The predicted octanol–water partition coefficient (Wildman–Crippen LogP) is 5.15. The SMILES string of the molecule is Cc1ccc(NC(=O)C[C@H](CCC(=O)O)c2noc(-c3ccno3)c2C2CC2)c(Cl)c1. The molecule has 0 saturated heterocycles. The lowest BCUT2D eigenvalue weighted by Crippen LogP contribution is -2.17. The molecular formula is C22H22ClN3O5. The fraction of sp³-hybridized carbons (Fsp3) is 0.364. The molecule has 1 saturated carbocycles. The monoisotopic (exact) mass is 443 g/mol. The molecule has 0 unspecified atom stereocenters. The van der Waals surface area contributed by atoms with Gasteiger partial charge in [0.15, 0.2) is 0 Å². The second kappa shape index (κ2) is 8.93. The zero-order chi connectivity index (χ0) is 22.0. The van der Waals surface area contributed by atoms with Crippen molar-refractivity contribution in [2.75, 3.05) is 5.32 Å². The molecule has 1 aliphatic rings. The highest BCUT2D eigenvalue weighted by Crippen LogP contribution is 2.48. The van der Waals surface area contributed by atoms with Crippen molar-refractivity contribution in [3.8, 4) is 11.5 Å². The lowest BCUT2D eigenvalue weighted by atomic mass is 9.90. The van der Waals surface area contributed by atoms with E-state index in [-0.39, 0.29) is 31.1 Å². The standard InChI is InChI=1S/C22H22ClN3O5/c1-12-2-6-16(15(23)10-12)25-18(27)11-14(5-7-19(28)29)21-20(13-3-4-13)22(31-26-21)17-8-9-24-30-17/h2,6,8-10,13-14H,3-5,7,11H2,1H3,(H,25,27)(H,28,29)/t14-/m0/s1. The maximum atomic E-state index is 12.8.